The molecule has 1 aromatic heterocycles. The zero-order chi connectivity index (χ0) is 18.3. The molecule has 2 aliphatic rings. The van der Waals surface area contributed by atoms with E-state index >= 15 is 0 Å². The number of hydrogen-bond donors (Lipinski definition) is 1. The quantitative estimate of drug-likeness (QED) is 0.703. The number of rotatable bonds is 6. The Morgan fingerprint density at radius 1 is 1.07 bits per heavy atom. The van der Waals surface area contributed by atoms with Gasteiger partial charge < -0.3 is 9.84 Å². The molecule has 3 aromatic rings. The van der Waals surface area contributed by atoms with Crippen molar-refractivity contribution in [1.29, 1.82) is 0 Å². The molecule has 0 amide bonds. The standard InChI is InChI=1S/C22H22FN3O/c23-17-9-7-16(8-10-17)20-25-21(26-27-20)22(11-4-12-22)14-24-19-13-18(19)15-5-2-1-3-6-15/h1-3,5-10,18-19,24H,4,11-14H2/t18-,19+/m1/s1. The zero-order valence-corrected chi connectivity index (χ0v) is 15.1. The molecule has 5 heteroatoms. The highest BCUT2D eigenvalue weighted by Gasteiger charge is 2.46. The van der Waals surface area contributed by atoms with Crippen molar-refractivity contribution in [3.05, 3.63) is 71.8 Å². The van der Waals surface area contributed by atoms with Crippen molar-refractivity contribution in [2.45, 2.75) is 43.1 Å². The first-order valence-electron chi connectivity index (χ1n) is 9.62. The SMILES string of the molecule is Fc1ccc(-c2nc(C3(CN[C@H]4C[C@@H]4c4ccccc4)CCC3)no2)cc1. The third-order valence-electron chi connectivity index (χ3n) is 6.02. The molecule has 1 N–H and O–H groups in total. The topological polar surface area (TPSA) is 51.0 Å². The van der Waals surface area contributed by atoms with Crippen LogP contribution in [0.2, 0.25) is 0 Å². The average Bonchev–Trinajstić information content (AvgIpc) is 3.28. The summed E-state index contributed by atoms with van der Waals surface area (Å²) in [5, 5.41) is 8.00. The molecule has 2 atom stereocenters. The number of nitrogens with one attached hydrogen (secondary N) is 1. The van der Waals surface area contributed by atoms with Crippen molar-refractivity contribution in [2.24, 2.45) is 0 Å². The molecule has 0 aliphatic heterocycles. The van der Waals surface area contributed by atoms with E-state index in [9.17, 15) is 4.39 Å². The van der Waals surface area contributed by atoms with Gasteiger partial charge in [-0.2, -0.15) is 4.98 Å². The van der Waals surface area contributed by atoms with E-state index in [1.165, 1.54) is 30.5 Å². The molecule has 2 fully saturated rings. The number of aromatic nitrogens is 2. The molecule has 5 rings (SSSR count). The molecule has 27 heavy (non-hydrogen) atoms. The Hall–Kier alpha value is -2.53. The third-order valence-corrected chi connectivity index (χ3v) is 6.02. The molecule has 4 nitrogen and oxygen atoms in total. The minimum absolute atomic E-state index is 0.0361. The molecule has 0 bridgehead atoms. The van der Waals surface area contributed by atoms with Gasteiger partial charge in [0.2, 0.25) is 0 Å². The largest absolute Gasteiger partial charge is 0.334 e. The maximum atomic E-state index is 13.1. The van der Waals surface area contributed by atoms with Crippen LogP contribution >= 0.6 is 0 Å². The molecule has 0 unspecified atom stereocenters. The number of halogens is 1. The van der Waals surface area contributed by atoms with E-state index in [1.807, 2.05) is 0 Å². The molecule has 1 heterocycles. The van der Waals surface area contributed by atoms with Crippen LogP contribution in [0.5, 0.6) is 0 Å². The molecular formula is C22H22FN3O. The summed E-state index contributed by atoms with van der Waals surface area (Å²) in [6.45, 7) is 0.878. The van der Waals surface area contributed by atoms with Crippen molar-refractivity contribution in [1.82, 2.24) is 15.5 Å². The highest BCUT2D eigenvalue weighted by atomic mass is 19.1. The van der Waals surface area contributed by atoms with Gasteiger partial charge in [-0.15, -0.1) is 0 Å². The predicted octanol–water partition coefficient (Wildman–Crippen LogP) is 4.44. The monoisotopic (exact) mass is 363 g/mol. The van der Waals surface area contributed by atoms with Crippen LogP contribution in [0.3, 0.4) is 0 Å². The second-order valence-corrected chi connectivity index (χ2v) is 7.80. The van der Waals surface area contributed by atoms with Gasteiger partial charge in [0.15, 0.2) is 5.82 Å². The third kappa shape index (κ3) is 3.16. The van der Waals surface area contributed by atoms with E-state index < -0.39 is 0 Å². The van der Waals surface area contributed by atoms with Crippen LogP contribution in [0.1, 0.15) is 43.0 Å². The van der Waals surface area contributed by atoms with Gasteiger partial charge in [-0.25, -0.2) is 4.39 Å². The Labute approximate surface area is 157 Å². The van der Waals surface area contributed by atoms with Gasteiger partial charge in [-0.05, 0) is 49.1 Å². The lowest BCUT2D eigenvalue weighted by Crippen LogP contribution is -2.45. The molecule has 2 aliphatic carbocycles. The van der Waals surface area contributed by atoms with Crippen LogP contribution in [0.15, 0.2) is 59.1 Å². The van der Waals surface area contributed by atoms with E-state index in [0.29, 0.717) is 17.9 Å². The van der Waals surface area contributed by atoms with Crippen LogP contribution in [-0.2, 0) is 5.41 Å². The van der Waals surface area contributed by atoms with E-state index in [-0.39, 0.29) is 11.2 Å². The van der Waals surface area contributed by atoms with E-state index in [4.69, 9.17) is 4.52 Å². The molecule has 2 aromatic carbocycles. The van der Waals surface area contributed by atoms with Crippen LogP contribution in [0.4, 0.5) is 4.39 Å². The fourth-order valence-electron chi connectivity index (χ4n) is 4.05. The summed E-state index contributed by atoms with van der Waals surface area (Å²) in [4.78, 5) is 4.64. The zero-order valence-electron chi connectivity index (χ0n) is 15.1. The van der Waals surface area contributed by atoms with Crippen molar-refractivity contribution in [2.75, 3.05) is 6.54 Å². The normalized spacial score (nSPS) is 23.0. The first-order chi connectivity index (χ1) is 13.2. The first kappa shape index (κ1) is 16.6. The van der Waals surface area contributed by atoms with Crippen molar-refractivity contribution < 1.29 is 8.91 Å². The highest BCUT2D eigenvalue weighted by molar-refractivity contribution is 5.52. The first-order valence-corrected chi connectivity index (χ1v) is 9.62. The summed E-state index contributed by atoms with van der Waals surface area (Å²) < 4.78 is 18.6. The van der Waals surface area contributed by atoms with Gasteiger partial charge >= 0.3 is 0 Å². The van der Waals surface area contributed by atoms with Crippen LogP contribution in [0, 0.1) is 5.82 Å². The van der Waals surface area contributed by atoms with Crippen molar-refractivity contribution >= 4 is 0 Å². The van der Waals surface area contributed by atoms with Crippen molar-refractivity contribution in [3.63, 3.8) is 0 Å². The Morgan fingerprint density at radius 2 is 1.85 bits per heavy atom. The average molecular weight is 363 g/mol. The van der Waals surface area contributed by atoms with Gasteiger partial charge in [0, 0.05) is 29.5 Å². The van der Waals surface area contributed by atoms with Crippen LogP contribution in [0.25, 0.3) is 11.5 Å². The molecule has 0 spiro atoms. The molecule has 138 valence electrons. The fourth-order valence-corrected chi connectivity index (χ4v) is 4.05. The minimum Gasteiger partial charge on any atom is -0.334 e. The summed E-state index contributed by atoms with van der Waals surface area (Å²) in [5.41, 5.74) is 2.13. The second kappa shape index (κ2) is 6.57. The van der Waals surface area contributed by atoms with Gasteiger partial charge in [0.25, 0.3) is 5.89 Å². The minimum atomic E-state index is -0.268. The fraction of sp³-hybridized carbons (Fsp3) is 0.364. The summed E-state index contributed by atoms with van der Waals surface area (Å²) in [6, 6.07) is 17.4. The smallest absolute Gasteiger partial charge is 0.257 e. The second-order valence-electron chi connectivity index (χ2n) is 7.80. The van der Waals surface area contributed by atoms with Gasteiger partial charge in [0.1, 0.15) is 5.82 Å². The summed E-state index contributed by atoms with van der Waals surface area (Å²) >= 11 is 0. The maximum Gasteiger partial charge on any atom is 0.257 e. The molecule has 0 saturated heterocycles. The number of benzene rings is 2. The lowest BCUT2D eigenvalue weighted by atomic mass is 9.68. The molecular weight excluding hydrogens is 341 g/mol. The molecule has 2 saturated carbocycles. The van der Waals surface area contributed by atoms with Crippen molar-refractivity contribution in [3.8, 4) is 11.5 Å². The number of hydrogen-bond acceptors (Lipinski definition) is 4. The van der Waals surface area contributed by atoms with Gasteiger partial charge in [-0.1, -0.05) is 41.9 Å². The lowest BCUT2D eigenvalue weighted by molar-refractivity contribution is 0.211. The summed E-state index contributed by atoms with van der Waals surface area (Å²) in [7, 11) is 0. The lowest BCUT2D eigenvalue weighted by Gasteiger charge is -2.39. The van der Waals surface area contributed by atoms with Crippen LogP contribution in [-0.4, -0.2) is 22.7 Å². The van der Waals surface area contributed by atoms with Gasteiger partial charge in [0.05, 0.1) is 0 Å². The summed E-state index contributed by atoms with van der Waals surface area (Å²) in [5.74, 6) is 1.58. The Balaban J connectivity index is 1.27. The number of nitrogens with zero attached hydrogens (tertiary/aromatic N) is 2. The Kier molecular flexibility index (Phi) is 4.05. The highest BCUT2D eigenvalue weighted by Crippen LogP contribution is 2.45. The van der Waals surface area contributed by atoms with Crippen LogP contribution < -0.4 is 5.32 Å². The Morgan fingerprint density at radius 3 is 2.56 bits per heavy atom. The van der Waals surface area contributed by atoms with E-state index in [0.717, 1.165) is 30.8 Å². The van der Waals surface area contributed by atoms with E-state index in [2.05, 4.69) is 45.8 Å². The Bertz CT molecular complexity index is 918. The maximum absolute atomic E-state index is 13.1. The predicted molar refractivity (Wildman–Crippen MR) is 101 cm³/mol. The summed E-state index contributed by atoms with van der Waals surface area (Å²) in [6.07, 6.45) is 4.53. The van der Waals surface area contributed by atoms with E-state index in [1.54, 1.807) is 12.1 Å². The van der Waals surface area contributed by atoms with Gasteiger partial charge in [-0.3, -0.25) is 0 Å². The molecule has 0 radical (unpaired) electrons.